The first-order valence-electron chi connectivity index (χ1n) is 5.53. The van der Waals surface area contributed by atoms with E-state index >= 15 is 0 Å². The van der Waals surface area contributed by atoms with Crippen molar-refractivity contribution in [3.63, 3.8) is 0 Å². The summed E-state index contributed by atoms with van der Waals surface area (Å²) in [6, 6.07) is 0. The molecule has 0 bridgehead atoms. The van der Waals surface area contributed by atoms with E-state index in [1.165, 1.54) is 4.31 Å². The summed E-state index contributed by atoms with van der Waals surface area (Å²) < 4.78 is 30.0. The van der Waals surface area contributed by atoms with Gasteiger partial charge in [-0.3, -0.25) is 0 Å². The fraction of sp³-hybridized carbons (Fsp3) is 0.700. The third-order valence-corrected chi connectivity index (χ3v) is 5.21. The summed E-state index contributed by atoms with van der Waals surface area (Å²) in [5, 5.41) is 0.988. The monoisotopic (exact) mass is 276 g/mol. The molecule has 0 N–H and O–H groups in total. The Hall–Kier alpha value is -0.500. The molecule has 0 amide bonds. The molecule has 0 aliphatic carbocycles. The predicted molar refractivity (Wildman–Crippen MR) is 66.4 cm³/mol. The van der Waals surface area contributed by atoms with Crippen molar-refractivity contribution in [2.75, 3.05) is 19.1 Å². The minimum atomic E-state index is -3.25. The van der Waals surface area contributed by atoms with Crippen LogP contribution in [0.1, 0.15) is 22.5 Å². The van der Waals surface area contributed by atoms with Crippen molar-refractivity contribution in [2.24, 2.45) is 0 Å². The van der Waals surface area contributed by atoms with Gasteiger partial charge in [0.15, 0.2) is 5.94 Å². The molecule has 1 aromatic rings. The van der Waals surface area contributed by atoms with E-state index in [4.69, 9.17) is 4.74 Å². The summed E-state index contributed by atoms with van der Waals surface area (Å²) >= 11 is 1.58. The number of aromatic nitrogens is 1. The van der Waals surface area contributed by atoms with Crippen molar-refractivity contribution in [2.45, 2.75) is 26.8 Å². The maximum absolute atomic E-state index is 11.8. The number of hydrogen-bond donors (Lipinski definition) is 0. The van der Waals surface area contributed by atoms with Gasteiger partial charge in [0.2, 0.25) is 10.0 Å². The summed E-state index contributed by atoms with van der Waals surface area (Å²) in [6.45, 7) is 5.31. The van der Waals surface area contributed by atoms with E-state index in [1.807, 2.05) is 13.8 Å². The van der Waals surface area contributed by atoms with Gasteiger partial charge in [-0.15, -0.1) is 11.3 Å². The number of thiazole rings is 1. The zero-order valence-electron chi connectivity index (χ0n) is 9.97. The molecule has 17 heavy (non-hydrogen) atoms. The Bertz CT molecular complexity index is 496. The second-order valence-electron chi connectivity index (χ2n) is 3.93. The topological polar surface area (TPSA) is 59.5 Å². The molecule has 96 valence electrons. The highest BCUT2D eigenvalue weighted by Gasteiger charge is 2.27. The molecule has 0 spiro atoms. The SMILES string of the molecule is CCc1nc(C)sc1CN1CCOCS1(=O)=O. The van der Waals surface area contributed by atoms with Crippen molar-refractivity contribution in [1.29, 1.82) is 0 Å². The molecule has 5 nitrogen and oxygen atoms in total. The second-order valence-corrected chi connectivity index (χ2v) is 7.13. The molecule has 1 fully saturated rings. The largest absolute Gasteiger partial charge is 0.363 e. The van der Waals surface area contributed by atoms with Crippen LogP contribution in [0.3, 0.4) is 0 Å². The van der Waals surface area contributed by atoms with Crippen LogP contribution in [0.15, 0.2) is 0 Å². The van der Waals surface area contributed by atoms with Crippen LogP contribution in [0.4, 0.5) is 0 Å². The van der Waals surface area contributed by atoms with Gasteiger partial charge in [0.1, 0.15) is 0 Å². The maximum Gasteiger partial charge on any atom is 0.238 e. The molecular weight excluding hydrogens is 260 g/mol. The Balaban J connectivity index is 2.19. The quantitative estimate of drug-likeness (QED) is 0.830. The highest BCUT2D eigenvalue weighted by molar-refractivity contribution is 7.88. The molecular formula is C10H16N2O3S2. The van der Waals surface area contributed by atoms with Crippen molar-refractivity contribution < 1.29 is 13.2 Å². The molecule has 1 aromatic heterocycles. The van der Waals surface area contributed by atoms with Gasteiger partial charge in [0.25, 0.3) is 0 Å². The molecule has 0 atom stereocenters. The van der Waals surface area contributed by atoms with E-state index in [-0.39, 0.29) is 5.94 Å². The Morgan fingerprint density at radius 2 is 2.29 bits per heavy atom. The molecule has 1 aliphatic rings. The highest BCUT2D eigenvalue weighted by Crippen LogP contribution is 2.22. The van der Waals surface area contributed by atoms with E-state index < -0.39 is 10.0 Å². The van der Waals surface area contributed by atoms with Crippen LogP contribution in [-0.2, 0) is 27.7 Å². The van der Waals surface area contributed by atoms with Crippen molar-refractivity contribution in [3.8, 4) is 0 Å². The molecule has 0 aromatic carbocycles. The number of ether oxygens (including phenoxy) is 1. The summed E-state index contributed by atoms with van der Waals surface area (Å²) in [4.78, 5) is 5.46. The van der Waals surface area contributed by atoms with Crippen LogP contribution < -0.4 is 0 Å². The number of hydrogen-bond acceptors (Lipinski definition) is 5. The first-order valence-corrected chi connectivity index (χ1v) is 7.96. The van der Waals surface area contributed by atoms with E-state index in [0.29, 0.717) is 19.7 Å². The second kappa shape index (κ2) is 5.01. The van der Waals surface area contributed by atoms with Crippen LogP contribution in [0.2, 0.25) is 0 Å². The first kappa shape index (κ1) is 12.9. The van der Waals surface area contributed by atoms with Gasteiger partial charge in [-0.25, -0.2) is 13.4 Å². The van der Waals surface area contributed by atoms with Gasteiger partial charge < -0.3 is 4.74 Å². The third-order valence-electron chi connectivity index (χ3n) is 2.65. The number of sulfonamides is 1. The Kier molecular flexibility index (Phi) is 3.82. The summed E-state index contributed by atoms with van der Waals surface area (Å²) in [6.07, 6.45) is 0.837. The van der Waals surface area contributed by atoms with Crippen LogP contribution in [-0.4, -0.2) is 36.8 Å². The van der Waals surface area contributed by atoms with E-state index in [0.717, 1.165) is 22.0 Å². The standard InChI is InChI=1S/C10H16N2O3S2/c1-3-9-10(16-8(2)11-9)6-12-4-5-15-7-17(12,13)14/h3-7H2,1-2H3. The van der Waals surface area contributed by atoms with Crippen molar-refractivity contribution >= 4 is 21.4 Å². The smallest absolute Gasteiger partial charge is 0.238 e. The average Bonchev–Trinajstić information content (AvgIpc) is 2.62. The van der Waals surface area contributed by atoms with E-state index in [2.05, 4.69) is 4.98 Å². The molecule has 0 radical (unpaired) electrons. The lowest BCUT2D eigenvalue weighted by Crippen LogP contribution is -2.40. The van der Waals surface area contributed by atoms with Crippen molar-refractivity contribution in [3.05, 3.63) is 15.6 Å². The van der Waals surface area contributed by atoms with Crippen LogP contribution in [0.5, 0.6) is 0 Å². The van der Waals surface area contributed by atoms with Gasteiger partial charge in [-0.05, 0) is 13.3 Å². The first-order chi connectivity index (χ1) is 8.03. The fourth-order valence-electron chi connectivity index (χ4n) is 1.79. The van der Waals surface area contributed by atoms with Crippen LogP contribution in [0.25, 0.3) is 0 Å². The van der Waals surface area contributed by atoms with Crippen LogP contribution in [0, 0.1) is 6.92 Å². The molecule has 2 heterocycles. The zero-order valence-corrected chi connectivity index (χ0v) is 11.6. The molecule has 1 aliphatic heterocycles. The van der Waals surface area contributed by atoms with Gasteiger partial charge in [0, 0.05) is 11.4 Å². The normalized spacial score (nSPS) is 20.6. The highest BCUT2D eigenvalue weighted by atomic mass is 32.2. The summed E-state index contributed by atoms with van der Waals surface area (Å²) in [5.41, 5.74) is 1.01. The van der Waals surface area contributed by atoms with Gasteiger partial charge in [-0.2, -0.15) is 4.31 Å². The van der Waals surface area contributed by atoms with Gasteiger partial charge in [-0.1, -0.05) is 6.92 Å². The molecule has 0 saturated carbocycles. The average molecular weight is 276 g/mol. The maximum atomic E-state index is 11.8. The number of aryl methyl sites for hydroxylation is 2. The lowest BCUT2D eigenvalue weighted by atomic mass is 10.3. The molecule has 7 heteroatoms. The minimum Gasteiger partial charge on any atom is -0.363 e. The van der Waals surface area contributed by atoms with E-state index in [1.54, 1.807) is 11.3 Å². The predicted octanol–water partition coefficient (Wildman–Crippen LogP) is 1.13. The summed E-state index contributed by atoms with van der Waals surface area (Å²) in [7, 11) is -3.25. The number of nitrogens with zero attached hydrogens (tertiary/aromatic N) is 2. The lowest BCUT2D eigenvalue weighted by Gasteiger charge is -2.25. The van der Waals surface area contributed by atoms with Crippen LogP contribution >= 0.6 is 11.3 Å². The molecule has 1 saturated heterocycles. The Morgan fingerprint density at radius 1 is 1.53 bits per heavy atom. The van der Waals surface area contributed by atoms with Crippen molar-refractivity contribution in [1.82, 2.24) is 9.29 Å². The molecule has 2 rings (SSSR count). The minimum absolute atomic E-state index is 0.202. The van der Waals surface area contributed by atoms with E-state index in [9.17, 15) is 8.42 Å². The van der Waals surface area contributed by atoms with Gasteiger partial charge >= 0.3 is 0 Å². The fourth-order valence-corrected chi connectivity index (χ4v) is 4.07. The number of rotatable bonds is 3. The third kappa shape index (κ3) is 2.85. The summed E-state index contributed by atoms with van der Waals surface area (Å²) in [5.74, 6) is -0.202. The Labute approximate surface area is 105 Å². The Morgan fingerprint density at radius 3 is 2.94 bits per heavy atom. The zero-order chi connectivity index (χ0) is 12.5. The molecule has 0 unspecified atom stereocenters. The lowest BCUT2D eigenvalue weighted by molar-refractivity contribution is 0.130. The van der Waals surface area contributed by atoms with Gasteiger partial charge in [0.05, 0.1) is 23.9 Å².